The molecule has 3 atom stereocenters. The minimum absolute atomic E-state index is 0.00421. The lowest BCUT2D eigenvalue weighted by Crippen LogP contribution is -2.48. The Morgan fingerprint density at radius 3 is 2.22 bits per heavy atom. The topological polar surface area (TPSA) is 133 Å². The highest BCUT2D eigenvalue weighted by Gasteiger charge is 2.33. The zero-order valence-corrected chi connectivity index (χ0v) is 24.8. The van der Waals surface area contributed by atoms with Crippen molar-refractivity contribution >= 4 is 31.6 Å². The van der Waals surface area contributed by atoms with Crippen molar-refractivity contribution in [2.45, 2.75) is 42.2 Å². The highest BCUT2D eigenvalue weighted by Crippen LogP contribution is 2.30. The zero-order valence-electron chi connectivity index (χ0n) is 23.2. The van der Waals surface area contributed by atoms with Gasteiger partial charge in [-0.15, -0.1) is 0 Å². The van der Waals surface area contributed by atoms with Crippen LogP contribution < -0.4 is 9.46 Å². The van der Waals surface area contributed by atoms with Crippen LogP contribution in [0.1, 0.15) is 19.4 Å². The quantitative estimate of drug-likeness (QED) is 0.385. The summed E-state index contributed by atoms with van der Waals surface area (Å²) in [6.07, 6.45) is -0.763. The van der Waals surface area contributed by atoms with Crippen LogP contribution in [-0.4, -0.2) is 75.9 Å². The number of benzene rings is 3. The molecule has 0 unspecified atom stereocenters. The van der Waals surface area contributed by atoms with E-state index in [1.54, 1.807) is 66.4 Å². The molecule has 0 saturated carbocycles. The molecule has 0 radical (unpaired) electrons. The summed E-state index contributed by atoms with van der Waals surface area (Å²) in [5.41, 5.74) is 0.685. The molecule has 10 nitrogen and oxygen atoms in total. The maximum absolute atomic E-state index is 13.4. The fourth-order valence-corrected chi connectivity index (χ4v) is 6.92. The molecule has 0 aliphatic carbocycles. The van der Waals surface area contributed by atoms with Gasteiger partial charge in [-0.3, -0.25) is 9.52 Å². The van der Waals surface area contributed by atoms with Gasteiger partial charge in [-0.1, -0.05) is 43.3 Å². The molecular formula is C29H35N3O7S2. The Kier molecular flexibility index (Phi) is 9.37. The summed E-state index contributed by atoms with van der Waals surface area (Å²) in [6, 6.07) is 20.2. The normalized spacial score (nSPS) is 19.0. The van der Waals surface area contributed by atoms with Gasteiger partial charge in [0.25, 0.3) is 10.0 Å². The van der Waals surface area contributed by atoms with Crippen molar-refractivity contribution in [2.75, 3.05) is 31.5 Å². The zero-order chi connectivity index (χ0) is 29.8. The molecule has 41 heavy (non-hydrogen) atoms. The SMILES string of the molecule is C[C@H]1CN([C@@H](C)CO)C(=O)Cc2cc(NS(=O)(=O)c3ccccc3)ccc2O[C@@H]1CN(C)S(=O)(=O)c1ccccc1. The molecule has 1 amide bonds. The number of carbonyl (C=O) groups is 1. The fraction of sp³-hybridized carbons (Fsp3) is 0.345. The molecule has 12 heteroatoms. The van der Waals surface area contributed by atoms with Crippen LogP contribution in [0.5, 0.6) is 5.75 Å². The summed E-state index contributed by atoms with van der Waals surface area (Å²) in [5.74, 6) is -0.234. The van der Waals surface area contributed by atoms with Gasteiger partial charge < -0.3 is 14.7 Å². The number of likely N-dealkylation sites (N-methyl/N-ethyl adjacent to an activating group) is 1. The molecule has 0 bridgehead atoms. The third-order valence-corrected chi connectivity index (χ3v) is 10.3. The molecule has 1 aliphatic rings. The average Bonchev–Trinajstić information content (AvgIpc) is 3.00. The number of nitrogens with one attached hydrogen (secondary N) is 1. The maximum Gasteiger partial charge on any atom is 0.261 e. The minimum atomic E-state index is -3.88. The molecule has 0 saturated heterocycles. The molecule has 0 fully saturated rings. The molecule has 2 N–H and O–H groups in total. The van der Waals surface area contributed by atoms with E-state index in [0.717, 1.165) is 0 Å². The summed E-state index contributed by atoms with van der Waals surface area (Å²) in [6.45, 7) is 3.57. The lowest BCUT2D eigenvalue weighted by molar-refractivity contribution is -0.134. The van der Waals surface area contributed by atoms with Crippen LogP contribution in [0.2, 0.25) is 0 Å². The predicted octanol–water partition coefficient (Wildman–Crippen LogP) is 2.96. The van der Waals surface area contributed by atoms with E-state index >= 15 is 0 Å². The Labute approximate surface area is 241 Å². The summed E-state index contributed by atoms with van der Waals surface area (Å²) in [4.78, 5) is 15.2. The second-order valence-corrected chi connectivity index (χ2v) is 14.0. The Balaban J connectivity index is 1.68. The second kappa shape index (κ2) is 12.6. The van der Waals surface area contributed by atoms with E-state index in [1.807, 2.05) is 6.92 Å². The number of amides is 1. The summed E-state index contributed by atoms with van der Waals surface area (Å²) in [5, 5.41) is 9.85. The van der Waals surface area contributed by atoms with Crippen LogP contribution in [0.4, 0.5) is 5.69 Å². The molecule has 220 valence electrons. The van der Waals surface area contributed by atoms with E-state index in [0.29, 0.717) is 11.3 Å². The first-order valence-corrected chi connectivity index (χ1v) is 16.1. The smallest absolute Gasteiger partial charge is 0.261 e. The third kappa shape index (κ3) is 7.07. The van der Waals surface area contributed by atoms with Crippen LogP contribution >= 0.6 is 0 Å². The molecule has 0 spiro atoms. The Morgan fingerprint density at radius 1 is 1.00 bits per heavy atom. The van der Waals surface area contributed by atoms with Crippen molar-refractivity contribution in [3.63, 3.8) is 0 Å². The molecule has 1 aliphatic heterocycles. The standard InChI is InChI=1S/C29H35N3O7S2/c1-21-18-32(22(2)20-33)29(34)17-23-16-24(30-40(35,36)25-10-6-4-7-11-25)14-15-27(23)39-28(21)19-31(3)41(37,38)26-12-8-5-9-13-26/h4-16,21-22,28,30,33H,17-20H2,1-3H3/t21-,22-,28+/m0/s1. The van der Waals surface area contributed by atoms with E-state index < -0.39 is 32.2 Å². The monoisotopic (exact) mass is 601 g/mol. The minimum Gasteiger partial charge on any atom is -0.488 e. The summed E-state index contributed by atoms with van der Waals surface area (Å²) in [7, 11) is -6.21. The number of anilines is 1. The second-order valence-electron chi connectivity index (χ2n) is 10.2. The van der Waals surface area contributed by atoms with Crippen molar-refractivity contribution in [3.05, 3.63) is 84.4 Å². The van der Waals surface area contributed by atoms with E-state index in [-0.39, 0.29) is 53.4 Å². The van der Waals surface area contributed by atoms with Gasteiger partial charge >= 0.3 is 0 Å². The van der Waals surface area contributed by atoms with Crippen molar-refractivity contribution in [3.8, 4) is 5.75 Å². The Morgan fingerprint density at radius 2 is 1.61 bits per heavy atom. The highest BCUT2D eigenvalue weighted by molar-refractivity contribution is 7.92. The van der Waals surface area contributed by atoms with Crippen LogP contribution in [0, 0.1) is 5.92 Å². The van der Waals surface area contributed by atoms with Gasteiger partial charge in [-0.2, -0.15) is 4.31 Å². The first-order chi connectivity index (χ1) is 19.4. The number of carbonyl (C=O) groups excluding carboxylic acids is 1. The molecule has 3 aromatic rings. The van der Waals surface area contributed by atoms with Crippen LogP contribution in [-0.2, 0) is 31.3 Å². The lowest BCUT2D eigenvalue weighted by Gasteiger charge is -2.33. The number of hydrogen-bond acceptors (Lipinski definition) is 7. The predicted molar refractivity (Wildman–Crippen MR) is 155 cm³/mol. The van der Waals surface area contributed by atoms with Gasteiger partial charge in [-0.05, 0) is 49.4 Å². The highest BCUT2D eigenvalue weighted by atomic mass is 32.2. The molecule has 0 aromatic heterocycles. The van der Waals surface area contributed by atoms with Crippen molar-refractivity contribution < 1.29 is 31.5 Å². The summed E-state index contributed by atoms with van der Waals surface area (Å²) < 4.78 is 62.5. The van der Waals surface area contributed by atoms with E-state index in [9.17, 15) is 26.7 Å². The van der Waals surface area contributed by atoms with Gasteiger partial charge in [0.1, 0.15) is 11.9 Å². The van der Waals surface area contributed by atoms with Gasteiger partial charge in [0, 0.05) is 30.8 Å². The fourth-order valence-electron chi connectivity index (χ4n) is 4.65. The van der Waals surface area contributed by atoms with Gasteiger partial charge in [0.05, 0.1) is 35.4 Å². The van der Waals surface area contributed by atoms with Gasteiger partial charge in [0.2, 0.25) is 15.9 Å². The van der Waals surface area contributed by atoms with Gasteiger partial charge in [0.15, 0.2) is 0 Å². The van der Waals surface area contributed by atoms with E-state index in [2.05, 4.69) is 4.72 Å². The van der Waals surface area contributed by atoms with Gasteiger partial charge in [-0.25, -0.2) is 16.8 Å². The maximum atomic E-state index is 13.4. The van der Waals surface area contributed by atoms with Crippen molar-refractivity contribution in [1.82, 2.24) is 9.21 Å². The largest absolute Gasteiger partial charge is 0.488 e. The molecular weight excluding hydrogens is 566 g/mol. The number of nitrogens with zero attached hydrogens (tertiary/aromatic N) is 2. The van der Waals surface area contributed by atoms with Crippen molar-refractivity contribution in [1.29, 1.82) is 0 Å². The number of rotatable bonds is 9. The van der Waals surface area contributed by atoms with E-state index in [4.69, 9.17) is 4.74 Å². The molecule has 1 heterocycles. The number of aliphatic hydroxyl groups excluding tert-OH is 1. The van der Waals surface area contributed by atoms with Crippen molar-refractivity contribution in [2.24, 2.45) is 5.92 Å². The lowest BCUT2D eigenvalue weighted by atomic mass is 10.0. The Hall–Kier alpha value is -3.45. The first-order valence-electron chi connectivity index (χ1n) is 13.2. The number of aliphatic hydroxyl groups is 1. The number of hydrogen-bond donors (Lipinski definition) is 2. The average molecular weight is 602 g/mol. The van der Waals surface area contributed by atoms with Crippen LogP contribution in [0.3, 0.4) is 0 Å². The molecule has 3 aromatic carbocycles. The first kappa shape index (κ1) is 30.5. The van der Waals surface area contributed by atoms with Crippen LogP contribution in [0.25, 0.3) is 0 Å². The van der Waals surface area contributed by atoms with E-state index in [1.165, 1.54) is 35.6 Å². The Bertz CT molecular complexity index is 1570. The number of fused-ring (bicyclic) bond motifs is 1. The molecule has 4 rings (SSSR count). The number of sulfonamides is 2. The third-order valence-electron chi connectivity index (χ3n) is 7.11. The summed E-state index contributed by atoms with van der Waals surface area (Å²) >= 11 is 0. The van der Waals surface area contributed by atoms with Crippen LogP contribution in [0.15, 0.2) is 88.7 Å². The number of ether oxygens (including phenoxy) is 1.